The minimum absolute atomic E-state index is 0.0944. The summed E-state index contributed by atoms with van der Waals surface area (Å²) in [6.07, 6.45) is 4.04. The van der Waals surface area contributed by atoms with Gasteiger partial charge in [0.15, 0.2) is 36.5 Å². The zero-order chi connectivity index (χ0) is 98.5. The molecule has 1 aliphatic carbocycles. The van der Waals surface area contributed by atoms with E-state index in [1.165, 1.54) is 0 Å². The second-order valence-electron chi connectivity index (χ2n) is 37.5. The lowest BCUT2D eigenvalue weighted by atomic mass is 9.91. The number of benzene rings is 4. The number of thiophene rings is 5. The maximum Gasteiger partial charge on any atom is 0.348 e. The van der Waals surface area contributed by atoms with Crippen LogP contribution < -0.4 is 45.4 Å². The van der Waals surface area contributed by atoms with Crippen LogP contribution in [0.25, 0.3) is 0 Å². The van der Waals surface area contributed by atoms with Gasteiger partial charge in [-0.25, -0.2) is 24.0 Å². The molecule has 32 heteroatoms. The van der Waals surface area contributed by atoms with Crippen molar-refractivity contribution in [3.8, 4) is 59.2 Å². The van der Waals surface area contributed by atoms with Crippen LogP contribution >= 0.6 is 116 Å². The molecule has 7 N–H and O–H groups in total. The minimum Gasteiger partial charge on any atom is -0.477 e. The Labute approximate surface area is 798 Å². The summed E-state index contributed by atoms with van der Waals surface area (Å²) in [4.78, 5) is 62.3. The molecule has 9 aromatic rings. The van der Waals surface area contributed by atoms with Crippen LogP contribution in [0.15, 0.2) is 115 Å². The summed E-state index contributed by atoms with van der Waals surface area (Å²) in [6, 6.07) is 33.7. The highest BCUT2D eigenvalue weighted by Gasteiger charge is 2.37. The topological polar surface area (TPSA) is 306 Å². The molecule has 4 aromatic carbocycles. The van der Waals surface area contributed by atoms with Crippen molar-refractivity contribution >= 4 is 196 Å². The maximum absolute atomic E-state index is 13.7. The number of halogens is 2. The first-order valence-corrected chi connectivity index (χ1v) is 56.9. The van der Waals surface area contributed by atoms with Crippen molar-refractivity contribution in [3.05, 3.63) is 196 Å². The highest BCUT2D eigenvalue weighted by molar-refractivity contribution is 7.73. The normalized spacial score (nSPS) is 15.3. The van der Waals surface area contributed by atoms with Crippen LogP contribution in [0.4, 0.5) is 28.4 Å². The van der Waals surface area contributed by atoms with E-state index in [-0.39, 0.29) is 57.1 Å². The van der Waals surface area contributed by atoms with E-state index >= 15 is 0 Å². The number of hydrogen-bond acceptors (Lipinski definition) is 15. The predicted molar refractivity (Wildman–Crippen MR) is 553 cm³/mol. The Morgan fingerprint density at radius 3 is 0.977 bits per heavy atom. The number of carboxylic acids is 5. The molecule has 0 amide bonds. The smallest absolute Gasteiger partial charge is 0.348 e. The van der Waals surface area contributed by atoms with Crippen molar-refractivity contribution in [2.75, 3.05) is 78.7 Å². The second-order valence-corrected chi connectivity index (χ2v) is 57.7. The molecule has 10 rings (SSSR count). The summed E-state index contributed by atoms with van der Waals surface area (Å²) in [5.41, 5.74) is 5.17. The molecule has 5 atom stereocenters. The number of anilines is 5. The first-order chi connectivity index (χ1) is 59.5. The minimum atomic E-state index is -3.04. The van der Waals surface area contributed by atoms with Crippen LogP contribution in [0.3, 0.4) is 0 Å². The molecule has 696 valence electrons. The fourth-order valence-corrected chi connectivity index (χ4v) is 26.7. The summed E-state index contributed by atoms with van der Waals surface area (Å²) in [5, 5.41) is 57.5. The fourth-order valence-electron chi connectivity index (χ4n) is 12.5. The van der Waals surface area contributed by atoms with Crippen LogP contribution in [0.5, 0.6) is 0 Å². The molecular formula is C98H120Cl2N5O15P5S5. The lowest BCUT2D eigenvalue weighted by Gasteiger charge is -2.31. The Balaban J connectivity index is 0.000000250. The predicted octanol–water partition coefficient (Wildman–Crippen LogP) is 26.3. The van der Waals surface area contributed by atoms with Crippen molar-refractivity contribution in [1.29, 1.82) is 0 Å². The SMILES string of the molecule is CC1CCC(P(C)(=O)Nc2cc(C#CC(C)(C)C)sc2C(=O)O)CC1.CN(c1cc(C#CC(C)(C)C)sc1C(=O)O)P(C)(=O)c1ccc(Cl)cc1.Cc1cc(Cl)ccc1P(C)(=O)Nc1cc(C#CC(C)(C)C)sc1C(=O)O.Cc1ccc(P(C)(=O)N(C)c2cc(C#CC(C)(C)C)sc2C(=O)O)c(C)c1.Cc1ccc(P(C)(=O)N(C)c2cc(C#CC(C)(C)C)sc2C(=O)O)cc1. The molecule has 0 bridgehead atoms. The molecule has 0 radical (unpaired) electrons. The number of nitrogens with one attached hydrogen (secondary N) is 2. The number of carboxylic acid groups (broad SMARTS) is 5. The van der Waals surface area contributed by atoms with Crippen LogP contribution in [0.2, 0.25) is 10.0 Å². The van der Waals surface area contributed by atoms with E-state index in [9.17, 15) is 72.3 Å². The molecule has 1 saturated carbocycles. The van der Waals surface area contributed by atoms with E-state index in [0.717, 1.165) is 110 Å². The number of nitrogens with zero attached hydrogens (tertiary/aromatic N) is 3. The standard InChI is InChI=1S/C21H26NO3PS.C20H24NO3PS.2C19H21ClNO3PS.C19H28NO3PS/c1-14-8-9-18(15(2)12-14)26(7,25)22(6)17-13-16(10-11-21(3,4)5)27-19(17)20(23)24;1-14-7-9-15(10-8-14)25(6,24)21(5)17-13-16(11-12-20(2,3)4)26-18(17)19(22)23;1-19(2,3)11-10-15-12-16(17(26-15)18(22)23)21(4)25(5,24)14-8-6-13(20)7-9-14;1-12-10-13(20)6-7-16(12)25(5,24)21-15-11-14(8-9-19(2,3)4)26-17(15)18(22)23;1-13-6-8-14(9-7-13)24(5,23)20-16-12-15(10-11-19(2,3)4)25-17(16)18(21)22/h8-9,12-13H,1-7H3,(H,23,24);7-10,13H,1-6H3,(H,22,23);6-9,12H,1-5H3,(H,22,23);6-7,10-11H,1-5H3,(H,21,24)(H,22,23);12-14H,6-9H2,1-5H3,(H,20,23)(H,21,22). The Kier molecular flexibility index (Phi) is 37.6. The van der Waals surface area contributed by atoms with Gasteiger partial charge in [-0.1, -0.05) is 125 Å². The average molecular weight is 1990 g/mol. The van der Waals surface area contributed by atoms with Gasteiger partial charge in [0.1, 0.15) is 24.4 Å². The molecule has 20 nitrogen and oxygen atoms in total. The largest absolute Gasteiger partial charge is 0.477 e. The Morgan fingerprint density at radius 2 is 0.654 bits per heavy atom. The number of carbonyl (C=O) groups is 5. The monoisotopic (exact) mass is 1990 g/mol. The van der Waals surface area contributed by atoms with Crippen molar-refractivity contribution in [3.63, 3.8) is 0 Å². The summed E-state index contributed by atoms with van der Waals surface area (Å²) in [7, 11) is -9.67. The first kappa shape index (κ1) is 110. The zero-order valence-corrected chi connectivity index (χ0v) is 89.2. The van der Waals surface area contributed by atoms with Gasteiger partial charge in [0.25, 0.3) is 0 Å². The number of aryl methyl sites for hydroxylation is 4. The summed E-state index contributed by atoms with van der Waals surface area (Å²) in [5.74, 6) is 26.2. The van der Waals surface area contributed by atoms with Crippen LogP contribution in [0.1, 0.15) is 231 Å². The summed E-state index contributed by atoms with van der Waals surface area (Å²) >= 11 is 17.4. The van der Waals surface area contributed by atoms with E-state index in [1.807, 2.05) is 174 Å². The highest BCUT2D eigenvalue weighted by atomic mass is 35.5. The molecule has 130 heavy (non-hydrogen) atoms. The van der Waals surface area contributed by atoms with Gasteiger partial charge in [0, 0.05) is 118 Å². The Hall–Kier alpha value is -8.74. The third-order valence-electron chi connectivity index (χ3n) is 19.7. The van der Waals surface area contributed by atoms with Gasteiger partial charge in [-0.05, 0) is 265 Å². The zero-order valence-electron chi connectivity index (χ0n) is 79.1. The van der Waals surface area contributed by atoms with Crippen molar-refractivity contribution in [2.45, 2.75) is 170 Å². The van der Waals surface area contributed by atoms with Gasteiger partial charge in [-0.2, -0.15) is 0 Å². The lowest BCUT2D eigenvalue weighted by Crippen LogP contribution is -2.23. The second kappa shape index (κ2) is 44.4. The maximum atomic E-state index is 13.7. The van der Waals surface area contributed by atoms with Crippen molar-refractivity contribution in [1.82, 2.24) is 0 Å². The van der Waals surface area contributed by atoms with Crippen LogP contribution in [-0.2, 0) is 22.8 Å². The van der Waals surface area contributed by atoms with Crippen LogP contribution in [0, 0.1) is 120 Å². The summed E-state index contributed by atoms with van der Waals surface area (Å²) < 4.78 is 71.6. The van der Waals surface area contributed by atoms with E-state index in [1.54, 1.807) is 141 Å². The quantitative estimate of drug-likeness (QED) is 0.0275. The third-order valence-corrected chi connectivity index (χ3v) is 38.1. The Bertz CT molecular complexity index is 6160. The van der Waals surface area contributed by atoms with Crippen LogP contribution in [-0.4, -0.2) is 116 Å². The number of hydrogen-bond donors (Lipinski definition) is 7. The highest BCUT2D eigenvalue weighted by Crippen LogP contribution is 2.56. The van der Waals surface area contributed by atoms with Crippen molar-refractivity contribution < 1.29 is 72.3 Å². The lowest BCUT2D eigenvalue weighted by molar-refractivity contribution is 0.0692. The van der Waals surface area contributed by atoms with Gasteiger partial charge in [-0.15, -0.1) is 56.7 Å². The number of rotatable bonds is 20. The molecular weight excluding hydrogens is 1870 g/mol. The molecule has 1 aliphatic rings. The van der Waals surface area contributed by atoms with Gasteiger partial charge in [-0.3, -0.25) is 18.3 Å². The van der Waals surface area contributed by atoms with E-state index in [0.29, 0.717) is 84.7 Å². The van der Waals surface area contributed by atoms with E-state index < -0.39 is 66.3 Å². The average Bonchev–Trinajstić information content (AvgIpc) is 1.52. The van der Waals surface area contributed by atoms with E-state index in [4.69, 9.17) is 23.2 Å². The third kappa shape index (κ3) is 32.3. The van der Waals surface area contributed by atoms with Crippen molar-refractivity contribution in [2.24, 2.45) is 33.0 Å². The van der Waals surface area contributed by atoms with E-state index in [2.05, 4.69) is 76.3 Å². The molecule has 5 heterocycles. The molecule has 1 fully saturated rings. The molecule has 0 spiro atoms. The van der Waals surface area contributed by atoms with Gasteiger partial charge in [0.05, 0.1) is 52.8 Å². The molecule has 5 aromatic heterocycles. The molecule has 0 saturated heterocycles. The number of aromatic carboxylic acids is 5. The van der Waals surface area contributed by atoms with Gasteiger partial charge in [0.2, 0.25) is 0 Å². The fraction of sp³-hybridized carbons (Fsp3) is 0.398. The first-order valence-electron chi connectivity index (χ1n) is 41.4. The van der Waals surface area contributed by atoms with Gasteiger partial charge >= 0.3 is 29.8 Å². The molecule has 5 unspecified atom stereocenters. The molecule has 0 aliphatic heterocycles. The Morgan fingerprint density at radius 1 is 0.369 bits per heavy atom. The van der Waals surface area contributed by atoms with Gasteiger partial charge < -0.3 is 54.3 Å². The summed E-state index contributed by atoms with van der Waals surface area (Å²) in [6.45, 7) is 48.1.